The quantitative estimate of drug-likeness (QED) is 0.909. The van der Waals surface area contributed by atoms with Crippen LogP contribution < -0.4 is 11.1 Å². The molecule has 1 amide bonds. The zero-order chi connectivity index (χ0) is 14.7. The average molecular weight is 319 g/mol. The van der Waals surface area contributed by atoms with Crippen LogP contribution in [0.25, 0.3) is 10.8 Å². The Morgan fingerprint density at radius 1 is 1.09 bits per heavy atom. The van der Waals surface area contributed by atoms with Crippen LogP contribution in [0.4, 0.5) is 0 Å². The Labute approximate surface area is 137 Å². The van der Waals surface area contributed by atoms with E-state index in [1.54, 1.807) is 0 Å². The molecule has 0 aromatic heterocycles. The zero-order valence-electron chi connectivity index (χ0n) is 12.7. The van der Waals surface area contributed by atoms with Gasteiger partial charge in [-0.3, -0.25) is 4.79 Å². The van der Waals surface area contributed by atoms with Crippen LogP contribution in [0.2, 0.25) is 0 Å². The van der Waals surface area contributed by atoms with Crippen molar-refractivity contribution in [2.45, 2.75) is 37.6 Å². The van der Waals surface area contributed by atoms with E-state index in [0.717, 1.165) is 32.1 Å². The summed E-state index contributed by atoms with van der Waals surface area (Å²) in [5.74, 6) is 0.0141. The Kier molecular flexibility index (Phi) is 5.43. The third-order valence-electron chi connectivity index (χ3n) is 4.51. The van der Waals surface area contributed by atoms with E-state index in [4.69, 9.17) is 5.73 Å². The number of rotatable bonds is 4. The Hall–Kier alpha value is -1.58. The Balaban J connectivity index is 0.00000176. The van der Waals surface area contributed by atoms with E-state index in [9.17, 15) is 4.79 Å². The molecule has 0 radical (unpaired) electrons. The smallest absolute Gasteiger partial charge is 0.240 e. The predicted molar refractivity (Wildman–Crippen MR) is 93.3 cm³/mol. The van der Waals surface area contributed by atoms with Gasteiger partial charge in [-0.15, -0.1) is 12.4 Å². The maximum absolute atomic E-state index is 12.2. The SMILES string of the molecule is Cl.NC1(C(=O)NCCc2cccc3ccccc23)CCCC1. The minimum absolute atomic E-state index is 0. The number of carbonyl (C=O) groups is 1. The van der Waals surface area contributed by atoms with E-state index < -0.39 is 5.54 Å². The number of benzene rings is 2. The molecule has 22 heavy (non-hydrogen) atoms. The number of hydrogen-bond donors (Lipinski definition) is 2. The molecule has 0 unspecified atom stereocenters. The maximum atomic E-state index is 12.2. The van der Waals surface area contributed by atoms with Crippen molar-refractivity contribution in [1.29, 1.82) is 0 Å². The molecule has 0 saturated heterocycles. The van der Waals surface area contributed by atoms with Crippen LogP contribution in [0, 0.1) is 0 Å². The molecule has 3 N–H and O–H groups in total. The number of nitrogens with one attached hydrogen (secondary N) is 1. The lowest BCUT2D eigenvalue weighted by atomic mass is 9.98. The number of hydrogen-bond acceptors (Lipinski definition) is 2. The van der Waals surface area contributed by atoms with Gasteiger partial charge in [0.1, 0.15) is 0 Å². The molecular weight excluding hydrogens is 296 g/mol. The van der Waals surface area contributed by atoms with Crippen molar-refractivity contribution in [2.24, 2.45) is 5.73 Å². The highest BCUT2D eigenvalue weighted by atomic mass is 35.5. The largest absolute Gasteiger partial charge is 0.354 e. The van der Waals surface area contributed by atoms with Crippen molar-refractivity contribution in [3.63, 3.8) is 0 Å². The zero-order valence-corrected chi connectivity index (χ0v) is 13.5. The summed E-state index contributed by atoms with van der Waals surface area (Å²) in [5.41, 5.74) is 6.80. The molecule has 1 fully saturated rings. The van der Waals surface area contributed by atoms with E-state index in [0.29, 0.717) is 6.54 Å². The summed E-state index contributed by atoms with van der Waals surface area (Å²) < 4.78 is 0. The van der Waals surface area contributed by atoms with Gasteiger partial charge >= 0.3 is 0 Å². The standard InChI is InChI=1S/C18H22N2O.ClH/c19-18(11-3-4-12-18)17(21)20-13-10-15-8-5-7-14-6-1-2-9-16(14)15;/h1-2,5-9H,3-4,10-13,19H2,(H,20,21);1H. The molecule has 1 aliphatic carbocycles. The number of nitrogens with two attached hydrogens (primary N) is 1. The lowest BCUT2D eigenvalue weighted by molar-refractivity contribution is -0.126. The third-order valence-corrected chi connectivity index (χ3v) is 4.51. The van der Waals surface area contributed by atoms with Crippen molar-refractivity contribution in [3.8, 4) is 0 Å². The summed E-state index contributed by atoms with van der Waals surface area (Å²) in [4.78, 5) is 12.2. The highest BCUT2D eigenvalue weighted by molar-refractivity contribution is 5.87. The van der Waals surface area contributed by atoms with Crippen LogP contribution in [-0.4, -0.2) is 18.0 Å². The molecule has 2 aromatic rings. The molecule has 0 spiro atoms. The fourth-order valence-electron chi connectivity index (χ4n) is 3.23. The minimum atomic E-state index is -0.626. The highest BCUT2D eigenvalue weighted by Gasteiger charge is 2.36. The van der Waals surface area contributed by atoms with Crippen molar-refractivity contribution in [1.82, 2.24) is 5.32 Å². The molecule has 1 saturated carbocycles. The summed E-state index contributed by atoms with van der Waals surface area (Å²) in [7, 11) is 0. The lowest BCUT2D eigenvalue weighted by Gasteiger charge is -2.22. The molecule has 4 heteroatoms. The third kappa shape index (κ3) is 3.42. The van der Waals surface area contributed by atoms with E-state index in [1.807, 2.05) is 6.07 Å². The molecule has 3 rings (SSSR count). The number of carbonyl (C=O) groups excluding carboxylic acids is 1. The van der Waals surface area contributed by atoms with Crippen molar-refractivity contribution in [3.05, 3.63) is 48.0 Å². The normalized spacial score (nSPS) is 16.2. The number of fused-ring (bicyclic) bond motifs is 1. The summed E-state index contributed by atoms with van der Waals surface area (Å²) in [6, 6.07) is 14.7. The second kappa shape index (κ2) is 7.12. The summed E-state index contributed by atoms with van der Waals surface area (Å²) in [6.07, 6.45) is 4.59. The van der Waals surface area contributed by atoms with Crippen molar-refractivity contribution >= 4 is 29.1 Å². The molecule has 2 aromatic carbocycles. The van der Waals surface area contributed by atoms with Gasteiger partial charge in [-0.25, -0.2) is 0 Å². The summed E-state index contributed by atoms with van der Waals surface area (Å²) in [5, 5.41) is 5.52. The van der Waals surface area contributed by atoms with Gasteiger partial charge in [0, 0.05) is 6.54 Å². The minimum Gasteiger partial charge on any atom is -0.354 e. The summed E-state index contributed by atoms with van der Waals surface area (Å²) >= 11 is 0. The number of halogens is 1. The molecule has 0 heterocycles. The Morgan fingerprint density at radius 3 is 2.55 bits per heavy atom. The van der Waals surface area contributed by atoms with Crippen LogP contribution >= 0.6 is 12.4 Å². The monoisotopic (exact) mass is 318 g/mol. The molecule has 0 atom stereocenters. The van der Waals surface area contributed by atoms with Gasteiger partial charge in [-0.2, -0.15) is 0 Å². The fourth-order valence-corrected chi connectivity index (χ4v) is 3.23. The first-order chi connectivity index (χ1) is 10.2. The first-order valence-electron chi connectivity index (χ1n) is 7.73. The van der Waals surface area contributed by atoms with E-state index in [-0.39, 0.29) is 18.3 Å². The van der Waals surface area contributed by atoms with Gasteiger partial charge in [-0.05, 0) is 35.6 Å². The van der Waals surface area contributed by atoms with Crippen molar-refractivity contribution in [2.75, 3.05) is 6.54 Å². The van der Waals surface area contributed by atoms with Crippen LogP contribution in [0.15, 0.2) is 42.5 Å². The first-order valence-corrected chi connectivity index (χ1v) is 7.73. The van der Waals surface area contributed by atoms with Gasteiger partial charge in [0.05, 0.1) is 5.54 Å². The van der Waals surface area contributed by atoms with Crippen LogP contribution in [-0.2, 0) is 11.2 Å². The van der Waals surface area contributed by atoms with Gasteiger partial charge < -0.3 is 11.1 Å². The van der Waals surface area contributed by atoms with Crippen LogP contribution in [0.3, 0.4) is 0 Å². The van der Waals surface area contributed by atoms with Crippen LogP contribution in [0.1, 0.15) is 31.2 Å². The molecule has 0 bridgehead atoms. The lowest BCUT2D eigenvalue weighted by Crippen LogP contribution is -2.52. The maximum Gasteiger partial charge on any atom is 0.240 e. The predicted octanol–water partition coefficient (Wildman–Crippen LogP) is 3.19. The molecular formula is C18H23ClN2O. The van der Waals surface area contributed by atoms with Crippen molar-refractivity contribution < 1.29 is 4.79 Å². The fraction of sp³-hybridized carbons (Fsp3) is 0.389. The van der Waals surface area contributed by atoms with Gasteiger partial charge in [-0.1, -0.05) is 55.3 Å². The average Bonchev–Trinajstić information content (AvgIpc) is 2.95. The van der Waals surface area contributed by atoms with E-state index in [2.05, 4.69) is 41.7 Å². The van der Waals surface area contributed by atoms with Gasteiger partial charge in [0.2, 0.25) is 5.91 Å². The van der Waals surface area contributed by atoms with E-state index in [1.165, 1.54) is 16.3 Å². The van der Waals surface area contributed by atoms with Gasteiger partial charge in [0.15, 0.2) is 0 Å². The molecule has 118 valence electrons. The van der Waals surface area contributed by atoms with Gasteiger partial charge in [0.25, 0.3) is 0 Å². The molecule has 1 aliphatic rings. The Bertz CT molecular complexity index is 645. The first kappa shape index (κ1) is 16.8. The second-order valence-electron chi connectivity index (χ2n) is 6.01. The molecule has 0 aliphatic heterocycles. The second-order valence-corrected chi connectivity index (χ2v) is 6.01. The summed E-state index contributed by atoms with van der Waals surface area (Å²) in [6.45, 7) is 0.645. The molecule has 3 nitrogen and oxygen atoms in total. The van der Waals surface area contributed by atoms with E-state index >= 15 is 0 Å². The topological polar surface area (TPSA) is 55.1 Å². The highest BCUT2D eigenvalue weighted by Crippen LogP contribution is 2.27. The Morgan fingerprint density at radius 2 is 1.77 bits per heavy atom. The number of amides is 1. The van der Waals surface area contributed by atoms with Crippen LogP contribution in [0.5, 0.6) is 0 Å².